The summed E-state index contributed by atoms with van der Waals surface area (Å²) in [5.41, 5.74) is 1.87. The molecule has 0 spiro atoms. The van der Waals surface area contributed by atoms with Gasteiger partial charge in [0, 0.05) is 38.0 Å². The molecule has 0 unspecified atom stereocenters. The minimum absolute atomic E-state index is 0.0799. The maximum atomic E-state index is 14.2. The first kappa shape index (κ1) is 12.9. The van der Waals surface area contributed by atoms with Gasteiger partial charge in [-0.05, 0) is 24.2 Å². The summed E-state index contributed by atoms with van der Waals surface area (Å²) in [5.74, 6) is -0.0392. The highest BCUT2D eigenvalue weighted by atomic mass is 19.1. The first-order valence-corrected chi connectivity index (χ1v) is 6.23. The van der Waals surface area contributed by atoms with E-state index in [9.17, 15) is 4.39 Å². The number of hydrogen-bond donors (Lipinski definition) is 0. The second-order valence-corrected chi connectivity index (χ2v) is 4.52. The van der Waals surface area contributed by atoms with E-state index in [0.29, 0.717) is 16.9 Å². The van der Waals surface area contributed by atoms with Crippen LogP contribution in [0.15, 0.2) is 42.4 Å². The van der Waals surface area contributed by atoms with Gasteiger partial charge in [-0.15, -0.1) is 0 Å². The molecule has 0 amide bonds. The normalized spacial score (nSPS) is 11.1. The molecule has 0 radical (unpaired) electrons. The average Bonchev–Trinajstić information content (AvgIpc) is 2.48. The molecule has 0 aliphatic rings. The number of methoxy groups -OCH3 is 1. The Morgan fingerprint density at radius 1 is 1.20 bits per heavy atom. The van der Waals surface area contributed by atoms with Gasteiger partial charge in [-0.3, -0.25) is 0 Å². The van der Waals surface area contributed by atoms with E-state index < -0.39 is 5.82 Å². The van der Waals surface area contributed by atoms with Crippen LogP contribution < -0.4 is 9.64 Å². The molecule has 3 nitrogen and oxygen atoms in total. The predicted octanol–water partition coefficient (Wildman–Crippen LogP) is 3.54. The van der Waals surface area contributed by atoms with Crippen molar-refractivity contribution >= 4 is 5.69 Å². The van der Waals surface area contributed by atoms with Crippen LogP contribution in [0.4, 0.5) is 10.1 Å². The Bertz CT molecular complexity index is 632. The van der Waals surface area contributed by atoms with Gasteiger partial charge in [0.05, 0.1) is 1.37 Å². The molecule has 20 heavy (non-hydrogen) atoms. The highest BCUT2D eigenvalue weighted by Crippen LogP contribution is 2.34. The van der Waals surface area contributed by atoms with Crippen LogP contribution in [-0.2, 0) is 4.74 Å². The lowest BCUT2D eigenvalue weighted by Crippen LogP contribution is -2.09. The van der Waals surface area contributed by atoms with Gasteiger partial charge >= 0.3 is 0 Å². The molecule has 4 heteroatoms. The molecule has 2 aromatic rings. The molecule has 0 bridgehead atoms. The number of ether oxygens (including phenoxy) is 2. The molecule has 106 valence electrons. The van der Waals surface area contributed by atoms with E-state index in [1.54, 1.807) is 18.2 Å². The van der Waals surface area contributed by atoms with Crippen LogP contribution in [-0.4, -0.2) is 28.0 Å². The van der Waals surface area contributed by atoms with Crippen molar-refractivity contribution in [3.05, 3.63) is 48.3 Å². The number of anilines is 1. The van der Waals surface area contributed by atoms with Gasteiger partial charge in [0.25, 0.3) is 0 Å². The second-order valence-electron chi connectivity index (χ2n) is 4.52. The first-order valence-electron chi connectivity index (χ1n) is 6.73. The van der Waals surface area contributed by atoms with Crippen molar-refractivity contribution in [3.8, 4) is 16.9 Å². The van der Waals surface area contributed by atoms with Crippen LogP contribution in [0.5, 0.6) is 5.75 Å². The minimum atomic E-state index is -0.560. The van der Waals surface area contributed by atoms with Crippen molar-refractivity contribution in [2.24, 2.45) is 0 Å². The SMILES string of the molecule is [2H]c1cccc(-c2cc(N(C)C)ccc2OCOC)c1F. The lowest BCUT2D eigenvalue weighted by molar-refractivity contribution is 0.0515. The zero-order valence-corrected chi connectivity index (χ0v) is 11.8. The van der Waals surface area contributed by atoms with Crippen molar-refractivity contribution in [1.29, 1.82) is 0 Å². The molecule has 0 N–H and O–H groups in total. The fourth-order valence-corrected chi connectivity index (χ4v) is 1.88. The van der Waals surface area contributed by atoms with E-state index >= 15 is 0 Å². The molecule has 0 fully saturated rings. The average molecular weight is 276 g/mol. The molecular weight excluding hydrogens is 257 g/mol. The first-order chi connectivity index (χ1) is 10.0. The van der Waals surface area contributed by atoms with E-state index in [0.717, 1.165) is 5.69 Å². The number of halogens is 1. The summed E-state index contributed by atoms with van der Waals surface area (Å²) in [4.78, 5) is 1.92. The molecule has 0 aliphatic heterocycles. The summed E-state index contributed by atoms with van der Waals surface area (Å²) >= 11 is 0. The maximum absolute atomic E-state index is 14.2. The fourth-order valence-electron chi connectivity index (χ4n) is 1.88. The van der Waals surface area contributed by atoms with Gasteiger partial charge in [-0.25, -0.2) is 4.39 Å². The Morgan fingerprint density at radius 3 is 2.70 bits per heavy atom. The predicted molar refractivity (Wildman–Crippen MR) is 78.7 cm³/mol. The largest absolute Gasteiger partial charge is 0.467 e. The highest BCUT2D eigenvalue weighted by molar-refractivity contribution is 5.75. The number of benzene rings is 2. The Hall–Kier alpha value is -2.07. The van der Waals surface area contributed by atoms with Crippen molar-refractivity contribution in [1.82, 2.24) is 0 Å². The molecule has 0 aliphatic carbocycles. The number of hydrogen-bond acceptors (Lipinski definition) is 3. The van der Waals surface area contributed by atoms with Crippen LogP contribution in [0.3, 0.4) is 0 Å². The third-order valence-electron chi connectivity index (χ3n) is 2.91. The molecule has 0 atom stereocenters. The van der Waals surface area contributed by atoms with E-state index in [-0.39, 0.29) is 12.8 Å². The van der Waals surface area contributed by atoms with Crippen LogP contribution in [0.2, 0.25) is 0 Å². The maximum Gasteiger partial charge on any atom is 0.188 e. The molecule has 0 saturated heterocycles. The Labute approximate surface area is 120 Å². The highest BCUT2D eigenvalue weighted by Gasteiger charge is 2.12. The Morgan fingerprint density at radius 2 is 2.00 bits per heavy atom. The lowest BCUT2D eigenvalue weighted by Gasteiger charge is -2.17. The molecule has 2 rings (SSSR count). The monoisotopic (exact) mass is 276 g/mol. The van der Waals surface area contributed by atoms with E-state index in [4.69, 9.17) is 10.8 Å². The standard InChI is InChI=1S/C16H18FNO2/c1-18(2)12-8-9-16(20-11-19-3)14(10-12)13-6-4-5-7-15(13)17/h4-10H,11H2,1-3H3/i7D. The fraction of sp³-hybridized carbons (Fsp3) is 0.250. The molecule has 0 heterocycles. The van der Waals surface area contributed by atoms with E-state index in [1.165, 1.54) is 13.2 Å². The van der Waals surface area contributed by atoms with Gasteiger partial charge < -0.3 is 14.4 Å². The zero-order valence-electron chi connectivity index (χ0n) is 12.8. The van der Waals surface area contributed by atoms with Gasteiger partial charge in [-0.2, -0.15) is 0 Å². The third kappa shape index (κ3) is 3.08. The summed E-state index contributed by atoms with van der Waals surface area (Å²) < 4.78 is 32.2. The summed E-state index contributed by atoms with van der Waals surface area (Å²) in [6, 6.07) is 10.1. The van der Waals surface area contributed by atoms with Gasteiger partial charge in [0.15, 0.2) is 6.79 Å². The summed E-state index contributed by atoms with van der Waals surface area (Å²) in [6.45, 7) is 0.0799. The molecular formula is C16H18FNO2. The van der Waals surface area contributed by atoms with Crippen LogP contribution >= 0.6 is 0 Å². The molecule has 2 aromatic carbocycles. The van der Waals surface area contributed by atoms with Crippen molar-refractivity contribution in [2.75, 3.05) is 32.9 Å². The quantitative estimate of drug-likeness (QED) is 0.780. The lowest BCUT2D eigenvalue weighted by atomic mass is 10.0. The minimum Gasteiger partial charge on any atom is -0.467 e. The smallest absolute Gasteiger partial charge is 0.188 e. The van der Waals surface area contributed by atoms with E-state index in [1.807, 2.05) is 31.1 Å². The summed E-state index contributed by atoms with van der Waals surface area (Å²) in [6.07, 6.45) is 0. The summed E-state index contributed by atoms with van der Waals surface area (Å²) in [5, 5.41) is 0. The zero-order chi connectivity index (χ0) is 15.4. The second kappa shape index (κ2) is 6.39. The Balaban J connectivity index is 2.57. The molecule has 0 saturated carbocycles. The van der Waals surface area contributed by atoms with Gasteiger partial charge in [0.2, 0.25) is 0 Å². The van der Waals surface area contributed by atoms with Crippen LogP contribution in [0.25, 0.3) is 11.1 Å². The third-order valence-corrected chi connectivity index (χ3v) is 2.91. The topological polar surface area (TPSA) is 21.7 Å². The van der Waals surface area contributed by atoms with Crippen molar-refractivity contribution in [3.63, 3.8) is 0 Å². The summed E-state index contributed by atoms with van der Waals surface area (Å²) in [7, 11) is 5.34. The molecule has 0 aromatic heterocycles. The van der Waals surface area contributed by atoms with Crippen molar-refractivity contribution < 1.29 is 15.2 Å². The van der Waals surface area contributed by atoms with Gasteiger partial charge in [0.1, 0.15) is 11.6 Å². The van der Waals surface area contributed by atoms with E-state index in [2.05, 4.69) is 0 Å². The van der Waals surface area contributed by atoms with Gasteiger partial charge in [-0.1, -0.05) is 18.2 Å². The Kier molecular flexibility index (Phi) is 4.13. The number of nitrogens with zero attached hydrogens (tertiary/aromatic N) is 1. The number of rotatable bonds is 5. The van der Waals surface area contributed by atoms with Crippen molar-refractivity contribution in [2.45, 2.75) is 0 Å². The van der Waals surface area contributed by atoms with Crippen LogP contribution in [0.1, 0.15) is 1.37 Å². The van der Waals surface area contributed by atoms with Crippen LogP contribution in [0, 0.1) is 5.82 Å².